The van der Waals surface area contributed by atoms with Crippen LogP contribution in [0.5, 0.6) is 0 Å². The zero-order valence-corrected chi connectivity index (χ0v) is 13.0. The first-order chi connectivity index (χ1) is 8.99. The predicted octanol–water partition coefficient (Wildman–Crippen LogP) is 5.36. The smallest absolute Gasteiger partial charge is 0.313 e. The first-order valence-electron chi connectivity index (χ1n) is 7.43. The van der Waals surface area contributed by atoms with Crippen LogP contribution in [0, 0.1) is 0 Å². The van der Waals surface area contributed by atoms with Crippen LogP contribution in [0.2, 0.25) is 0 Å². The summed E-state index contributed by atoms with van der Waals surface area (Å²) in [7, 11) is 0. The van der Waals surface area contributed by atoms with Crippen molar-refractivity contribution in [1.29, 1.82) is 0 Å². The van der Waals surface area contributed by atoms with E-state index in [0.29, 0.717) is 12.6 Å². The molecule has 0 aromatic rings. The predicted molar refractivity (Wildman–Crippen MR) is 78.6 cm³/mol. The van der Waals surface area contributed by atoms with Crippen molar-refractivity contribution < 1.29 is 13.2 Å². The molecule has 116 valence electrons. The second kappa shape index (κ2) is 11.9. The fourth-order valence-electron chi connectivity index (χ4n) is 2.06. The fraction of sp³-hybridized carbons (Fsp3) is 1.00. The molecule has 0 rings (SSSR count). The molecular weight excluding hydrogens is 271 g/mol. The highest BCUT2D eigenvalue weighted by Gasteiger charge is 2.27. The Hall–Kier alpha value is 0.100. The van der Waals surface area contributed by atoms with Crippen LogP contribution in [0.25, 0.3) is 0 Å². The third kappa shape index (κ3) is 14.3. The molecule has 0 aromatic carbocycles. The molecule has 0 amide bonds. The summed E-state index contributed by atoms with van der Waals surface area (Å²) in [5.41, 5.74) is -4.10. The van der Waals surface area contributed by atoms with Crippen LogP contribution in [0.1, 0.15) is 65.2 Å². The first-order valence-corrected chi connectivity index (χ1v) is 8.42. The van der Waals surface area contributed by atoms with Gasteiger partial charge in [-0.2, -0.15) is 13.2 Å². The molecule has 1 N–H and O–H groups in total. The van der Waals surface area contributed by atoms with Crippen LogP contribution in [-0.2, 0) is 0 Å². The third-order valence-corrected chi connectivity index (χ3v) is 3.85. The van der Waals surface area contributed by atoms with Crippen molar-refractivity contribution in [3.8, 4) is 0 Å². The van der Waals surface area contributed by atoms with E-state index in [4.69, 9.17) is 0 Å². The van der Waals surface area contributed by atoms with Gasteiger partial charge in [-0.25, -0.2) is 0 Å². The SMILES string of the molecule is CCCCCC(CCCCC)NCCSC(F)(F)F. The normalized spacial score (nSPS) is 12.3. The number of hydrogen-bond acceptors (Lipinski definition) is 2. The summed E-state index contributed by atoms with van der Waals surface area (Å²) in [6.07, 6.45) is 9.33. The van der Waals surface area contributed by atoms with E-state index in [0.717, 1.165) is 12.8 Å². The van der Waals surface area contributed by atoms with Gasteiger partial charge in [0.1, 0.15) is 0 Å². The number of alkyl halides is 3. The van der Waals surface area contributed by atoms with E-state index in [1.54, 1.807) is 0 Å². The average molecular weight is 299 g/mol. The number of rotatable bonds is 12. The molecule has 0 aliphatic heterocycles. The van der Waals surface area contributed by atoms with E-state index in [1.165, 1.54) is 38.5 Å². The van der Waals surface area contributed by atoms with Crippen LogP contribution >= 0.6 is 11.8 Å². The molecule has 0 atom stereocenters. The Kier molecular flexibility index (Phi) is 12.0. The highest BCUT2D eigenvalue weighted by Crippen LogP contribution is 2.29. The number of nitrogens with one attached hydrogen (secondary N) is 1. The van der Waals surface area contributed by atoms with E-state index in [-0.39, 0.29) is 17.5 Å². The van der Waals surface area contributed by atoms with Crippen LogP contribution in [-0.4, -0.2) is 23.8 Å². The number of halogens is 3. The summed E-state index contributed by atoms with van der Waals surface area (Å²) < 4.78 is 36.0. The molecule has 0 aromatic heterocycles. The highest BCUT2D eigenvalue weighted by molar-refractivity contribution is 8.00. The maximum absolute atomic E-state index is 12.0. The van der Waals surface area contributed by atoms with Crippen molar-refractivity contribution in [2.75, 3.05) is 12.3 Å². The second-order valence-corrected chi connectivity index (χ2v) is 6.10. The van der Waals surface area contributed by atoms with E-state index < -0.39 is 5.51 Å². The van der Waals surface area contributed by atoms with Gasteiger partial charge < -0.3 is 5.32 Å². The standard InChI is InChI=1S/C14H28F3NS/c1-3-5-7-9-13(10-8-6-4-2)18-11-12-19-14(15,16)17/h13,18H,3-12H2,1-2H3. The summed E-state index contributed by atoms with van der Waals surface area (Å²) in [4.78, 5) is 0. The second-order valence-electron chi connectivity index (χ2n) is 4.94. The summed E-state index contributed by atoms with van der Waals surface area (Å²) in [5.74, 6) is 0.113. The first kappa shape index (κ1) is 19.1. The van der Waals surface area contributed by atoms with Gasteiger partial charge >= 0.3 is 5.51 Å². The molecule has 0 aliphatic carbocycles. The quantitative estimate of drug-likeness (QED) is 0.487. The molecule has 0 radical (unpaired) electrons. The van der Waals surface area contributed by atoms with Crippen LogP contribution in [0.4, 0.5) is 13.2 Å². The minimum absolute atomic E-state index is 0.0698. The van der Waals surface area contributed by atoms with Gasteiger partial charge in [-0.05, 0) is 24.6 Å². The largest absolute Gasteiger partial charge is 0.441 e. The minimum Gasteiger partial charge on any atom is -0.313 e. The van der Waals surface area contributed by atoms with E-state index >= 15 is 0 Å². The van der Waals surface area contributed by atoms with E-state index in [9.17, 15) is 13.2 Å². The molecule has 0 unspecified atom stereocenters. The summed E-state index contributed by atoms with van der Waals surface area (Å²) in [6, 6.07) is 0.395. The monoisotopic (exact) mass is 299 g/mol. The Morgan fingerprint density at radius 2 is 1.47 bits per heavy atom. The molecule has 0 bridgehead atoms. The van der Waals surface area contributed by atoms with Crippen LogP contribution in [0.3, 0.4) is 0 Å². The molecule has 1 nitrogen and oxygen atoms in total. The Morgan fingerprint density at radius 3 is 1.89 bits per heavy atom. The molecule has 0 saturated carbocycles. The van der Waals surface area contributed by atoms with Gasteiger partial charge in [0, 0.05) is 18.3 Å². The lowest BCUT2D eigenvalue weighted by Crippen LogP contribution is -2.31. The van der Waals surface area contributed by atoms with Gasteiger partial charge in [-0.1, -0.05) is 52.4 Å². The lowest BCUT2D eigenvalue weighted by Gasteiger charge is -2.18. The lowest BCUT2D eigenvalue weighted by molar-refractivity contribution is -0.0327. The maximum atomic E-state index is 12.0. The van der Waals surface area contributed by atoms with Gasteiger partial charge in [-0.15, -0.1) is 0 Å². The molecule has 0 saturated heterocycles. The van der Waals surface area contributed by atoms with Gasteiger partial charge in [0.15, 0.2) is 0 Å². The van der Waals surface area contributed by atoms with Crippen molar-refractivity contribution in [1.82, 2.24) is 5.32 Å². The van der Waals surface area contributed by atoms with Crippen LogP contribution in [0.15, 0.2) is 0 Å². The fourth-order valence-corrected chi connectivity index (χ4v) is 2.51. The molecule has 0 heterocycles. The molecule has 0 spiro atoms. The Bertz CT molecular complexity index is 188. The topological polar surface area (TPSA) is 12.0 Å². The Morgan fingerprint density at radius 1 is 0.947 bits per heavy atom. The Balaban J connectivity index is 3.76. The number of unbranched alkanes of at least 4 members (excludes halogenated alkanes) is 4. The number of hydrogen-bond donors (Lipinski definition) is 1. The molecular formula is C14H28F3NS. The average Bonchev–Trinajstić information content (AvgIpc) is 2.33. The summed E-state index contributed by atoms with van der Waals surface area (Å²) in [5, 5.41) is 3.29. The molecule has 19 heavy (non-hydrogen) atoms. The van der Waals surface area contributed by atoms with Crippen molar-refractivity contribution >= 4 is 11.8 Å². The van der Waals surface area contributed by atoms with Crippen molar-refractivity contribution in [3.05, 3.63) is 0 Å². The summed E-state index contributed by atoms with van der Waals surface area (Å²) in [6.45, 7) is 4.78. The van der Waals surface area contributed by atoms with Crippen molar-refractivity contribution in [2.45, 2.75) is 76.8 Å². The summed E-state index contributed by atoms with van der Waals surface area (Å²) >= 11 is 0.0698. The van der Waals surface area contributed by atoms with Crippen molar-refractivity contribution in [2.24, 2.45) is 0 Å². The van der Waals surface area contributed by atoms with Gasteiger partial charge in [-0.3, -0.25) is 0 Å². The minimum atomic E-state index is -4.10. The third-order valence-electron chi connectivity index (χ3n) is 3.11. The van der Waals surface area contributed by atoms with E-state index in [2.05, 4.69) is 19.2 Å². The van der Waals surface area contributed by atoms with Crippen LogP contribution < -0.4 is 5.32 Å². The lowest BCUT2D eigenvalue weighted by atomic mass is 10.0. The molecule has 5 heteroatoms. The van der Waals surface area contributed by atoms with Gasteiger partial charge in [0.2, 0.25) is 0 Å². The Labute approximate surface area is 120 Å². The molecule has 0 aliphatic rings. The maximum Gasteiger partial charge on any atom is 0.441 e. The number of thioether (sulfide) groups is 1. The van der Waals surface area contributed by atoms with Gasteiger partial charge in [0.25, 0.3) is 0 Å². The highest BCUT2D eigenvalue weighted by atomic mass is 32.2. The van der Waals surface area contributed by atoms with Crippen molar-refractivity contribution in [3.63, 3.8) is 0 Å². The zero-order chi connectivity index (χ0) is 14.6. The van der Waals surface area contributed by atoms with Gasteiger partial charge in [0.05, 0.1) is 0 Å². The zero-order valence-electron chi connectivity index (χ0n) is 12.2. The molecule has 0 fully saturated rings. The van der Waals surface area contributed by atoms with E-state index in [1.807, 2.05) is 0 Å².